The molecule has 2 aromatic carbocycles. The van der Waals surface area contributed by atoms with E-state index in [-0.39, 0.29) is 11.9 Å². The molecule has 0 radical (unpaired) electrons. The predicted molar refractivity (Wildman–Crippen MR) is 93.5 cm³/mol. The summed E-state index contributed by atoms with van der Waals surface area (Å²) in [5.74, 6) is -0.0735. The molecule has 2 nitrogen and oxygen atoms in total. The van der Waals surface area contributed by atoms with Crippen molar-refractivity contribution in [2.75, 3.05) is 0 Å². The van der Waals surface area contributed by atoms with E-state index in [1.165, 1.54) is 5.56 Å². The van der Waals surface area contributed by atoms with Crippen molar-refractivity contribution in [2.24, 2.45) is 0 Å². The lowest BCUT2D eigenvalue weighted by Crippen LogP contribution is -2.28. The standard InChI is InChI=1S/C17H17Br2NO/c1-3-16(12-6-4-11(2)5-7-12)20-17(21)14-10-13(18)8-9-15(14)19/h4-10,16H,3H2,1-2H3,(H,20,21). The number of carbonyl (C=O) groups is 1. The summed E-state index contributed by atoms with van der Waals surface area (Å²) in [7, 11) is 0. The summed E-state index contributed by atoms with van der Waals surface area (Å²) in [6.07, 6.45) is 0.848. The van der Waals surface area contributed by atoms with Crippen LogP contribution in [0.25, 0.3) is 0 Å². The fourth-order valence-corrected chi connectivity index (χ4v) is 2.92. The fourth-order valence-electron chi connectivity index (χ4n) is 2.13. The first-order valence-corrected chi connectivity index (χ1v) is 8.42. The molecule has 0 spiro atoms. The lowest BCUT2D eigenvalue weighted by molar-refractivity contribution is 0.0934. The number of amides is 1. The summed E-state index contributed by atoms with van der Waals surface area (Å²) in [4.78, 5) is 12.5. The van der Waals surface area contributed by atoms with Gasteiger partial charge < -0.3 is 5.32 Å². The van der Waals surface area contributed by atoms with Crippen LogP contribution in [0, 0.1) is 6.92 Å². The number of halogens is 2. The number of rotatable bonds is 4. The Bertz CT molecular complexity index is 638. The Morgan fingerprint density at radius 2 is 1.81 bits per heavy atom. The first-order valence-electron chi connectivity index (χ1n) is 6.83. The molecule has 1 unspecified atom stereocenters. The molecular weight excluding hydrogens is 394 g/mol. The second-order valence-corrected chi connectivity index (χ2v) is 6.74. The SMILES string of the molecule is CCC(NC(=O)c1cc(Br)ccc1Br)c1ccc(C)cc1. The quantitative estimate of drug-likeness (QED) is 0.717. The fraction of sp³-hybridized carbons (Fsp3) is 0.235. The van der Waals surface area contributed by atoms with Crippen LogP contribution < -0.4 is 5.32 Å². The van der Waals surface area contributed by atoms with Crippen molar-refractivity contribution < 1.29 is 4.79 Å². The van der Waals surface area contributed by atoms with Gasteiger partial charge in [-0.1, -0.05) is 52.7 Å². The first kappa shape index (κ1) is 16.2. The smallest absolute Gasteiger partial charge is 0.252 e. The minimum atomic E-state index is -0.0735. The van der Waals surface area contributed by atoms with Gasteiger partial charge in [-0.25, -0.2) is 0 Å². The second-order valence-electron chi connectivity index (χ2n) is 4.97. The van der Waals surface area contributed by atoms with Crippen molar-refractivity contribution in [1.29, 1.82) is 0 Å². The molecule has 1 atom stereocenters. The Morgan fingerprint density at radius 3 is 2.43 bits per heavy atom. The van der Waals surface area contributed by atoms with Crippen molar-refractivity contribution in [3.8, 4) is 0 Å². The van der Waals surface area contributed by atoms with Crippen LogP contribution in [0.3, 0.4) is 0 Å². The van der Waals surface area contributed by atoms with Crippen molar-refractivity contribution >= 4 is 37.8 Å². The van der Waals surface area contributed by atoms with Crippen LogP contribution in [0.2, 0.25) is 0 Å². The number of nitrogens with one attached hydrogen (secondary N) is 1. The molecule has 0 saturated heterocycles. The zero-order valence-corrected chi connectivity index (χ0v) is 15.2. The largest absolute Gasteiger partial charge is 0.345 e. The molecule has 21 heavy (non-hydrogen) atoms. The van der Waals surface area contributed by atoms with Crippen LogP contribution >= 0.6 is 31.9 Å². The summed E-state index contributed by atoms with van der Waals surface area (Å²) >= 11 is 6.83. The number of benzene rings is 2. The maximum Gasteiger partial charge on any atom is 0.252 e. The molecule has 0 fully saturated rings. The highest BCUT2D eigenvalue weighted by atomic mass is 79.9. The maximum atomic E-state index is 12.5. The minimum Gasteiger partial charge on any atom is -0.345 e. The molecule has 0 saturated carbocycles. The highest BCUT2D eigenvalue weighted by Crippen LogP contribution is 2.23. The van der Waals surface area contributed by atoms with Gasteiger partial charge in [-0.3, -0.25) is 4.79 Å². The van der Waals surface area contributed by atoms with E-state index >= 15 is 0 Å². The second kappa shape index (κ2) is 7.23. The third-order valence-corrected chi connectivity index (χ3v) is 4.55. The molecule has 0 aliphatic carbocycles. The Hall–Kier alpha value is -1.13. The highest BCUT2D eigenvalue weighted by Gasteiger charge is 2.16. The molecule has 0 aliphatic rings. The topological polar surface area (TPSA) is 29.1 Å². The van der Waals surface area contributed by atoms with Gasteiger partial charge in [-0.05, 0) is 53.0 Å². The molecule has 4 heteroatoms. The summed E-state index contributed by atoms with van der Waals surface area (Å²) in [6.45, 7) is 4.13. The Morgan fingerprint density at radius 1 is 1.14 bits per heavy atom. The van der Waals surface area contributed by atoms with Crippen LogP contribution in [0.15, 0.2) is 51.4 Å². The molecule has 1 N–H and O–H groups in total. The number of carbonyl (C=O) groups excluding carboxylic acids is 1. The van der Waals surface area contributed by atoms with Gasteiger partial charge in [-0.2, -0.15) is 0 Å². The van der Waals surface area contributed by atoms with Gasteiger partial charge in [0.2, 0.25) is 0 Å². The zero-order valence-electron chi connectivity index (χ0n) is 12.0. The maximum absolute atomic E-state index is 12.5. The lowest BCUT2D eigenvalue weighted by Gasteiger charge is -2.18. The Kier molecular flexibility index (Phi) is 5.59. The van der Waals surface area contributed by atoms with E-state index in [2.05, 4.69) is 75.3 Å². The van der Waals surface area contributed by atoms with Gasteiger partial charge in [0, 0.05) is 8.95 Å². The summed E-state index contributed by atoms with van der Waals surface area (Å²) in [5.41, 5.74) is 2.98. The number of hydrogen-bond donors (Lipinski definition) is 1. The van der Waals surface area contributed by atoms with E-state index < -0.39 is 0 Å². The van der Waals surface area contributed by atoms with Crippen molar-refractivity contribution in [2.45, 2.75) is 26.3 Å². The van der Waals surface area contributed by atoms with Gasteiger partial charge in [0.25, 0.3) is 5.91 Å². The van der Waals surface area contributed by atoms with Crippen LogP contribution in [-0.2, 0) is 0 Å². The minimum absolute atomic E-state index is 0.0176. The van der Waals surface area contributed by atoms with E-state index in [1.807, 2.05) is 18.2 Å². The van der Waals surface area contributed by atoms with Crippen molar-refractivity contribution in [3.05, 3.63) is 68.1 Å². The van der Waals surface area contributed by atoms with Gasteiger partial charge in [-0.15, -0.1) is 0 Å². The highest BCUT2D eigenvalue weighted by molar-refractivity contribution is 9.11. The Balaban J connectivity index is 2.20. The first-order chi connectivity index (χ1) is 10.0. The average Bonchev–Trinajstić information content (AvgIpc) is 2.48. The summed E-state index contributed by atoms with van der Waals surface area (Å²) < 4.78 is 1.68. The third kappa shape index (κ3) is 4.17. The molecule has 0 bridgehead atoms. The molecule has 110 valence electrons. The van der Waals surface area contributed by atoms with E-state index in [1.54, 1.807) is 0 Å². The zero-order chi connectivity index (χ0) is 15.4. The van der Waals surface area contributed by atoms with E-state index in [9.17, 15) is 4.79 Å². The predicted octanol–water partition coefficient (Wildman–Crippen LogP) is 5.40. The third-order valence-electron chi connectivity index (χ3n) is 3.37. The molecule has 1 amide bonds. The molecule has 0 aliphatic heterocycles. The van der Waals surface area contributed by atoms with Gasteiger partial charge in [0.1, 0.15) is 0 Å². The van der Waals surface area contributed by atoms with Crippen molar-refractivity contribution in [1.82, 2.24) is 5.32 Å². The number of aryl methyl sites for hydroxylation is 1. The molecule has 0 heterocycles. The molecule has 0 aromatic heterocycles. The van der Waals surface area contributed by atoms with E-state index in [0.29, 0.717) is 5.56 Å². The Labute approximate surface area is 142 Å². The summed E-state index contributed by atoms with van der Waals surface area (Å²) in [5, 5.41) is 3.10. The molecule has 2 rings (SSSR count). The molecule has 2 aromatic rings. The lowest BCUT2D eigenvalue weighted by atomic mass is 10.0. The average molecular weight is 411 g/mol. The molecular formula is C17H17Br2NO. The number of hydrogen-bond acceptors (Lipinski definition) is 1. The van der Waals surface area contributed by atoms with Crippen LogP contribution in [0.1, 0.15) is 40.9 Å². The van der Waals surface area contributed by atoms with Gasteiger partial charge in [0.05, 0.1) is 11.6 Å². The van der Waals surface area contributed by atoms with Gasteiger partial charge >= 0.3 is 0 Å². The van der Waals surface area contributed by atoms with E-state index in [0.717, 1.165) is 20.9 Å². The van der Waals surface area contributed by atoms with Crippen LogP contribution in [-0.4, -0.2) is 5.91 Å². The van der Waals surface area contributed by atoms with Crippen LogP contribution in [0.5, 0.6) is 0 Å². The van der Waals surface area contributed by atoms with Crippen molar-refractivity contribution in [3.63, 3.8) is 0 Å². The normalized spacial score (nSPS) is 12.0. The summed E-state index contributed by atoms with van der Waals surface area (Å²) in [6, 6.07) is 13.9. The van der Waals surface area contributed by atoms with Gasteiger partial charge in [0.15, 0.2) is 0 Å². The van der Waals surface area contributed by atoms with E-state index in [4.69, 9.17) is 0 Å². The monoisotopic (exact) mass is 409 g/mol. The van der Waals surface area contributed by atoms with Crippen LogP contribution in [0.4, 0.5) is 0 Å².